The van der Waals surface area contributed by atoms with Gasteiger partial charge in [0.05, 0.1) is 6.61 Å². The van der Waals surface area contributed by atoms with Crippen LogP contribution in [-0.4, -0.2) is 24.3 Å². The molecular weight excluding hydrogens is 244 g/mol. The first-order valence-corrected chi connectivity index (χ1v) is 7.71. The fraction of sp³-hybridized carbons (Fsp3) is 1.00. The quantitative estimate of drug-likeness (QED) is 0.633. The first-order chi connectivity index (χ1) is 9.05. The average Bonchev–Trinajstić information content (AvgIpc) is 2.61. The predicted octanol–water partition coefficient (Wildman–Crippen LogP) is 2.87. The molecule has 4 nitrogen and oxygen atoms in total. The highest BCUT2D eigenvalue weighted by molar-refractivity contribution is 5.08. The van der Waals surface area contributed by atoms with Crippen molar-refractivity contribution >= 4 is 0 Å². The van der Waals surface area contributed by atoms with Gasteiger partial charge in [-0.3, -0.25) is 0 Å². The molecule has 2 bridgehead atoms. The first-order valence-electron chi connectivity index (χ1n) is 7.71. The van der Waals surface area contributed by atoms with Crippen LogP contribution in [0.25, 0.3) is 0 Å². The van der Waals surface area contributed by atoms with Crippen molar-refractivity contribution in [3.8, 4) is 0 Å². The molecule has 0 aromatic heterocycles. The van der Waals surface area contributed by atoms with E-state index in [2.05, 4.69) is 13.8 Å². The van der Waals surface area contributed by atoms with Crippen LogP contribution in [0.15, 0.2) is 0 Å². The van der Waals surface area contributed by atoms with E-state index in [1.54, 1.807) is 0 Å². The summed E-state index contributed by atoms with van der Waals surface area (Å²) in [5.41, 5.74) is -0.370. The Hall–Kier alpha value is -0.160. The highest BCUT2D eigenvalue weighted by Gasteiger charge is 2.67. The second kappa shape index (κ2) is 3.94. The molecule has 4 unspecified atom stereocenters. The Morgan fingerprint density at radius 3 is 2.58 bits per heavy atom. The lowest BCUT2D eigenvalue weighted by Crippen LogP contribution is -2.68. The standard InChI is InChI=1S/C15H24O4/c1-9-4-5-11-10(2)8-16-13-15(11)12(9)6-7-14(3,17-13)18-19-15/h9-13H,4-8H2,1-3H3/t9?,10-,11?,12?,13+,14?,15-/m0/s1. The summed E-state index contributed by atoms with van der Waals surface area (Å²) in [6, 6.07) is 0. The molecule has 5 rings (SSSR count). The van der Waals surface area contributed by atoms with Gasteiger partial charge in [-0.2, -0.15) is 0 Å². The van der Waals surface area contributed by atoms with Gasteiger partial charge in [-0.1, -0.05) is 13.8 Å². The fourth-order valence-electron chi connectivity index (χ4n) is 4.88. The lowest BCUT2D eigenvalue weighted by molar-refractivity contribution is -0.566. The molecule has 4 heterocycles. The third-order valence-corrected chi connectivity index (χ3v) is 5.97. The van der Waals surface area contributed by atoms with E-state index >= 15 is 0 Å². The third-order valence-electron chi connectivity index (χ3n) is 5.97. The van der Waals surface area contributed by atoms with Gasteiger partial charge in [0.2, 0.25) is 5.79 Å². The van der Waals surface area contributed by atoms with E-state index in [4.69, 9.17) is 19.2 Å². The van der Waals surface area contributed by atoms with Gasteiger partial charge < -0.3 is 9.47 Å². The van der Waals surface area contributed by atoms with Crippen molar-refractivity contribution in [1.29, 1.82) is 0 Å². The number of rotatable bonds is 0. The summed E-state index contributed by atoms with van der Waals surface area (Å²) in [6.07, 6.45) is 4.24. The maximum atomic E-state index is 6.16. The molecule has 0 aromatic carbocycles. The van der Waals surface area contributed by atoms with Gasteiger partial charge in [0, 0.05) is 12.3 Å². The van der Waals surface area contributed by atoms with Crippen LogP contribution in [0.2, 0.25) is 0 Å². The van der Waals surface area contributed by atoms with E-state index in [1.165, 1.54) is 12.8 Å². The molecule has 4 aliphatic heterocycles. The highest BCUT2D eigenvalue weighted by atomic mass is 17.3. The summed E-state index contributed by atoms with van der Waals surface area (Å²) >= 11 is 0. The van der Waals surface area contributed by atoms with Crippen molar-refractivity contribution in [1.82, 2.24) is 0 Å². The van der Waals surface area contributed by atoms with Gasteiger partial charge in [0.25, 0.3) is 0 Å². The van der Waals surface area contributed by atoms with Crippen LogP contribution in [0.1, 0.15) is 46.5 Å². The molecule has 1 spiro atoms. The molecule has 19 heavy (non-hydrogen) atoms. The average molecular weight is 268 g/mol. The number of hydrogen-bond acceptors (Lipinski definition) is 4. The lowest BCUT2D eigenvalue weighted by Gasteiger charge is -2.58. The predicted molar refractivity (Wildman–Crippen MR) is 67.9 cm³/mol. The smallest absolute Gasteiger partial charge is 0.201 e. The lowest BCUT2D eigenvalue weighted by atomic mass is 9.58. The summed E-state index contributed by atoms with van der Waals surface area (Å²) in [6.45, 7) is 7.36. The highest BCUT2D eigenvalue weighted by Crippen LogP contribution is 2.59. The van der Waals surface area contributed by atoms with Gasteiger partial charge in [-0.15, -0.1) is 0 Å². The van der Waals surface area contributed by atoms with Crippen molar-refractivity contribution in [3.05, 3.63) is 0 Å². The Bertz CT molecular complexity index is 386. The SMILES string of the molecule is CC1CCC2[C@@H](C)CO[C@@H]3OC4(C)CCC1[C@@]23OO4. The minimum atomic E-state index is -0.627. The van der Waals surface area contributed by atoms with Crippen molar-refractivity contribution in [2.45, 2.75) is 64.1 Å². The zero-order valence-corrected chi connectivity index (χ0v) is 12.1. The Morgan fingerprint density at radius 1 is 0.947 bits per heavy atom. The van der Waals surface area contributed by atoms with E-state index in [0.717, 1.165) is 19.4 Å². The Morgan fingerprint density at radius 2 is 1.74 bits per heavy atom. The number of fused-ring (bicyclic) bond motifs is 2. The topological polar surface area (TPSA) is 36.9 Å². The fourth-order valence-corrected chi connectivity index (χ4v) is 4.88. The number of ether oxygens (including phenoxy) is 2. The van der Waals surface area contributed by atoms with Crippen molar-refractivity contribution in [2.75, 3.05) is 6.61 Å². The van der Waals surface area contributed by atoms with Crippen LogP contribution in [0, 0.1) is 23.7 Å². The van der Waals surface area contributed by atoms with Crippen LogP contribution in [0.4, 0.5) is 0 Å². The summed E-state index contributed by atoms with van der Waals surface area (Å²) in [5, 5.41) is 0. The molecule has 0 N–H and O–H groups in total. The van der Waals surface area contributed by atoms with Gasteiger partial charge >= 0.3 is 0 Å². The molecule has 1 saturated carbocycles. The number of hydrogen-bond donors (Lipinski definition) is 0. The molecule has 4 heteroatoms. The van der Waals surface area contributed by atoms with Gasteiger partial charge in [-0.25, -0.2) is 9.78 Å². The van der Waals surface area contributed by atoms with E-state index in [-0.39, 0.29) is 11.9 Å². The summed E-state index contributed by atoms with van der Waals surface area (Å²) in [7, 11) is 0. The van der Waals surface area contributed by atoms with Gasteiger partial charge in [0.15, 0.2) is 11.9 Å². The summed E-state index contributed by atoms with van der Waals surface area (Å²) in [5.74, 6) is 1.53. The van der Waals surface area contributed by atoms with Crippen LogP contribution >= 0.6 is 0 Å². The third kappa shape index (κ3) is 1.54. The van der Waals surface area contributed by atoms with Crippen LogP contribution in [0.5, 0.6) is 0 Å². The monoisotopic (exact) mass is 268 g/mol. The molecule has 5 aliphatic rings. The van der Waals surface area contributed by atoms with Gasteiger partial charge in [-0.05, 0) is 43.9 Å². The molecular formula is C15H24O4. The molecule has 0 amide bonds. The zero-order chi connectivity index (χ0) is 13.3. The van der Waals surface area contributed by atoms with E-state index < -0.39 is 5.79 Å². The van der Waals surface area contributed by atoms with Crippen LogP contribution < -0.4 is 0 Å². The molecule has 5 fully saturated rings. The van der Waals surface area contributed by atoms with Crippen LogP contribution in [-0.2, 0) is 19.2 Å². The van der Waals surface area contributed by atoms with Crippen LogP contribution in [0.3, 0.4) is 0 Å². The Labute approximate surface area is 114 Å². The van der Waals surface area contributed by atoms with Crippen molar-refractivity contribution in [2.24, 2.45) is 23.7 Å². The largest absolute Gasteiger partial charge is 0.349 e. The molecule has 0 aromatic rings. The second-order valence-corrected chi connectivity index (χ2v) is 7.22. The molecule has 4 saturated heterocycles. The van der Waals surface area contributed by atoms with Crippen molar-refractivity contribution in [3.63, 3.8) is 0 Å². The Kier molecular flexibility index (Phi) is 2.61. The van der Waals surface area contributed by atoms with E-state index in [9.17, 15) is 0 Å². The Balaban J connectivity index is 1.81. The molecule has 0 radical (unpaired) electrons. The second-order valence-electron chi connectivity index (χ2n) is 7.22. The van der Waals surface area contributed by atoms with Gasteiger partial charge in [0.1, 0.15) is 0 Å². The molecule has 7 atom stereocenters. The summed E-state index contributed by atoms with van der Waals surface area (Å²) in [4.78, 5) is 11.7. The first kappa shape index (κ1) is 12.6. The minimum Gasteiger partial charge on any atom is -0.349 e. The molecule has 108 valence electrons. The summed E-state index contributed by atoms with van der Waals surface area (Å²) < 4.78 is 12.2. The van der Waals surface area contributed by atoms with E-state index in [0.29, 0.717) is 23.7 Å². The molecule has 1 aliphatic carbocycles. The maximum Gasteiger partial charge on any atom is 0.201 e. The zero-order valence-electron chi connectivity index (χ0n) is 12.1. The maximum absolute atomic E-state index is 6.16. The van der Waals surface area contributed by atoms with Crippen molar-refractivity contribution < 1.29 is 19.2 Å². The minimum absolute atomic E-state index is 0.248. The normalized spacial score (nSPS) is 60.5. The van der Waals surface area contributed by atoms with E-state index in [1.807, 2.05) is 6.92 Å².